The van der Waals surface area contributed by atoms with E-state index in [4.69, 9.17) is 14.1 Å². The summed E-state index contributed by atoms with van der Waals surface area (Å²) in [6, 6.07) is 0. The Hall–Kier alpha value is 1.17. The molecule has 3 nitrogen and oxygen atoms in total. The van der Waals surface area contributed by atoms with Crippen molar-refractivity contribution < 1.29 is 14.1 Å². The minimum absolute atomic E-state index is 0. The van der Waals surface area contributed by atoms with Crippen molar-refractivity contribution in [3.05, 3.63) is 0 Å². The molecule has 0 aliphatic rings. The van der Waals surface area contributed by atoms with Gasteiger partial charge in [0.15, 0.2) is 0 Å². The van der Waals surface area contributed by atoms with Crippen molar-refractivity contribution in [2.75, 3.05) is 0 Å². The molecule has 0 aliphatic carbocycles. The van der Waals surface area contributed by atoms with Crippen molar-refractivity contribution >= 4 is 59.3 Å². The molecule has 0 fully saturated rings. The summed E-state index contributed by atoms with van der Waals surface area (Å²) >= 11 is 0. The molecule has 2 N–H and O–H groups in total. The van der Waals surface area contributed by atoms with Crippen molar-refractivity contribution in [2.24, 2.45) is 0 Å². The average molecular weight is 157 g/mol. The van der Waals surface area contributed by atoms with E-state index in [-0.39, 0.29) is 50.1 Å². The Labute approximate surface area is 72.7 Å². The first-order chi connectivity index (χ1) is 1.73. The number of hydrogen-bond acceptors (Lipinski definition) is 1. The molecule has 0 spiro atoms. The fourth-order valence-corrected chi connectivity index (χ4v) is 0. The predicted octanol–water partition coefficient (Wildman–Crippen LogP) is -2.11. The number of rotatable bonds is 0. The average Bonchev–Trinajstić information content (AvgIpc) is 0.811. The molecule has 0 unspecified atom stereocenters. The summed E-state index contributed by atoms with van der Waals surface area (Å²) in [5.41, 5.74) is 0. The molecule has 0 radical (unpaired) electrons. The molecule has 36 valence electrons. The van der Waals surface area contributed by atoms with Crippen molar-refractivity contribution in [3.63, 3.8) is 0 Å². The summed E-state index contributed by atoms with van der Waals surface area (Å²) in [4.78, 5) is 14.3. The van der Waals surface area contributed by atoms with Crippen LogP contribution in [0, 0.1) is 0 Å². The molecule has 6 heteroatoms. The van der Waals surface area contributed by atoms with Crippen LogP contribution in [0.25, 0.3) is 0 Å². The molecule has 0 rings (SSSR count). The molecular weight excluding hydrogens is 152 g/mol. The molecule has 0 aromatic rings. The zero-order valence-electron chi connectivity index (χ0n) is 2.21. The minimum atomic E-state index is -3.13. The quantitative estimate of drug-likeness (QED) is 0.395. The normalized spacial score (nSPS) is 4.00. The van der Waals surface area contributed by atoms with Gasteiger partial charge in [-0.25, -0.2) is 0 Å². The van der Waals surface area contributed by atoms with Gasteiger partial charge in [0.05, 0.1) is 0 Å². The summed E-state index contributed by atoms with van der Waals surface area (Å²) in [6.07, 6.45) is 0. The van der Waals surface area contributed by atoms with E-state index in [2.05, 4.69) is 0 Å². The molecule has 0 heterocycles. The van der Waals surface area contributed by atoms with Gasteiger partial charge < -0.3 is 9.59 Å². The van der Waals surface area contributed by atoms with E-state index in [0.29, 0.717) is 0 Å². The second kappa shape index (κ2) is 9.48. The zero-order chi connectivity index (χ0) is 3.58. The first-order valence-corrected chi connectivity index (χ1v) is 1.95. The van der Waals surface area contributed by atoms with E-state index in [9.17, 15) is 0 Å². The number of hydrogen-bond donors (Lipinski definition) is 2. The molecule has 0 saturated carbocycles. The van der Waals surface area contributed by atoms with E-state index in [1.807, 2.05) is 0 Å². The van der Waals surface area contributed by atoms with Crippen LogP contribution in [0.2, 0.25) is 0 Å². The van der Waals surface area contributed by atoms with Gasteiger partial charge in [-0.1, -0.05) is 0 Å². The maximum absolute atomic E-state index is 8.74. The van der Waals surface area contributed by atoms with E-state index in [1.54, 1.807) is 0 Å². The molecule has 0 bridgehead atoms. The van der Waals surface area contributed by atoms with E-state index in [1.165, 1.54) is 0 Å². The van der Waals surface area contributed by atoms with Gasteiger partial charge >= 0.3 is 46.9 Å². The molecule has 0 atom stereocenters. The second-order valence-electron chi connectivity index (χ2n) is 0.283. The fraction of sp³-hybridized carbons (Fsp3) is 0. The molecule has 6 heavy (non-hydrogen) atoms. The molecular formula is H5CaClO3Si. The van der Waals surface area contributed by atoms with Crippen LogP contribution in [0.5, 0.6) is 0 Å². The Morgan fingerprint density at radius 1 is 1.33 bits per heavy atom. The fourth-order valence-electron chi connectivity index (χ4n) is 0. The summed E-state index contributed by atoms with van der Waals surface area (Å²) in [6.45, 7) is 0. The van der Waals surface area contributed by atoms with Crippen LogP contribution in [-0.4, -0.2) is 56.5 Å². The maximum atomic E-state index is 8.74. The molecule has 0 aromatic heterocycles. The number of halogens is 1. The predicted molar refractivity (Wildman–Crippen MR) is 26.7 cm³/mol. The SMILES string of the molecule is Cl.O=[Si](O)O.[CaH2]. The Morgan fingerprint density at radius 2 is 1.33 bits per heavy atom. The van der Waals surface area contributed by atoms with E-state index < -0.39 is 9.17 Å². The van der Waals surface area contributed by atoms with Gasteiger partial charge in [0.1, 0.15) is 0 Å². The van der Waals surface area contributed by atoms with Gasteiger partial charge in [-0.2, -0.15) is 0 Å². The third-order valence-electron chi connectivity index (χ3n) is 0. The Balaban J connectivity index is -0.0000000450. The monoisotopic (exact) mass is 156 g/mol. The summed E-state index contributed by atoms with van der Waals surface area (Å²) in [5, 5.41) is 0. The van der Waals surface area contributed by atoms with Crippen LogP contribution in [0.3, 0.4) is 0 Å². The van der Waals surface area contributed by atoms with Crippen LogP contribution >= 0.6 is 12.4 Å². The molecule has 0 aliphatic heterocycles. The van der Waals surface area contributed by atoms with Crippen LogP contribution in [0.1, 0.15) is 0 Å². The standard InChI is InChI=1S/Ca.ClH.H2O3Si.2H/c;;1-4(2)3;;/h;1H;1-2H;;. The third kappa shape index (κ3) is 65.9. The summed E-state index contributed by atoms with van der Waals surface area (Å²) in [7, 11) is -3.13. The first-order valence-electron chi connectivity index (χ1n) is 0.651. The van der Waals surface area contributed by atoms with Crippen molar-refractivity contribution in [1.29, 1.82) is 0 Å². The zero-order valence-corrected chi connectivity index (χ0v) is 4.03. The van der Waals surface area contributed by atoms with Crippen molar-refractivity contribution in [2.45, 2.75) is 0 Å². The Kier molecular flexibility index (Phi) is 24.8. The third-order valence-corrected chi connectivity index (χ3v) is 0. The van der Waals surface area contributed by atoms with Gasteiger partial charge in [-0.3, -0.25) is 4.46 Å². The molecule has 0 aromatic carbocycles. The topological polar surface area (TPSA) is 57.5 Å². The summed E-state index contributed by atoms with van der Waals surface area (Å²) in [5.74, 6) is 0. The van der Waals surface area contributed by atoms with Gasteiger partial charge in [-0.15, -0.1) is 12.4 Å². The molecule has 0 saturated heterocycles. The van der Waals surface area contributed by atoms with E-state index >= 15 is 0 Å². The molecule has 0 amide bonds. The van der Waals surface area contributed by atoms with Crippen LogP contribution in [-0.2, 0) is 4.46 Å². The van der Waals surface area contributed by atoms with Gasteiger partial charge in [0.25, 0.3) is 0 Å². The Morgan fingerprint density at radius 3 is 1.33 bits per heavy atom. The van der Waals surface area contributed by atoms with Crippen LogP contribution in [0.15, 0.2) is 0 Å². The second-order valence-corrected chi connectivity index (χ2v) is 0.848. The van der Waals surface area contributed by atoms with E-state index in [0.717, 1.165) is 0 Å². The van der Waals surface area contributed by atoms with Crippen molar-refractivity contribution in [3.8, 4) is 0 Å². The van der Waals surface area contributed by atoms with Crippen LogP contribution < -0.4 is 0 Å². The van der Waals surface area contributed by atoms with Gasteiger partial charge in [-0.05, 0) is 0 Å². The van der Waals surface area contributed by atoms with Crippen molar-refractivity contribution in [1.82, 2.24) is 0 Å². The van der Waals surface area contributed by atoms with Gasteiger partial charge in [0.2, 0.25) is 0 Å². The first kappa shape index (κ1) is 15.7. The summed E-state index contributed by atoms with van der Waals surface area (Å²) < 4.78 is 8.74. The van der Waals surface area contributed by atoms with Gasteiger partial charge in [0, 0.05) is 0 Å². The van der Waals surface area contributed by atoms with Crippen LogP contribution in [0.4, 0.5) is 0 Å². The Bertz CT molecular complexity index is 33.8.